The van der Waals surface area contributed by atoms with Gasteiger partial charge in [0.25, 0.3) is 5.56 Å². The van der Waals surface area contributed by atoms with Crippen LogP contribution in [-0.2, 0) is 13.5 Å². The van der Waals surface area contributed by atoms with Gasteiger partial charge in [-0.05, 0) is 47.9 Å². The maximum Gasteiger partial charge on any atom is 0.263 e. The molecule has 1 atom stereocenters. The monoisotopic (exact) mass is 463 g/mol. The third kappa shape index (κ3) is 5.10. The minimum atomic E-state index is -0.375. The average molecular weight is 464 g/mol. The quantitative estimate of drug-likeness (QED) is 0.427. The molecule has 2 aromatic carbocycles. The zero-order valence-electron chi connectivity index (χ0n) is 18.0. The van der Waals surface area contributed by atoms with Gasteiger partial charge in [0.15, 0.2) is 0 Å². The first-order valence-electron chi connectivity index (χ1n) is 10.4. The van der Waals surface area contributed by atoms with Gasteiger partial charge in [0.05, 0.1) is 11.3 Å². The second-order valence-corrected chi connectivity index (χ2v) is 8.11. The summed E-state index contributed by atoms with van der Waals surface area (Å²) in [5.41, 5.74) is 9.19. The lowest BCUT2D eigenvalue weighted by molar-refractivity contribution is 0.628. The number of nitrogens with one attached hydrogen (secondary N) is 1. The molecular weight excluding hydrogens is 441 g/mol. The van der Waals surface area contributed by atoms with Gasteiger partial charge in [-0.15, -0.1) is 0 Å². The molecule has 0 amide bonds. The van der Waals surface area contributed by atoms with Gasteiger partial charge in [0.2, 0.25) is 5.95 Å². The Hall–Kier alpha value is -3.55. The molecule has 0 aliphatic rings. The Kier molecular flexibility index (Phi) is 6.82. The van der Waals surface area contributed by atoms with E-state index in [2.05, 4.69) is 10.3 Å². The smallest absolute Gasteiger partial charge is 0.263 e. The van der Waals surface area contributed by atoms with Crippen LogP contribution >= 0.6 is 11.6 Å². The molecule has 33 heavy (non-hydrogen) atoms. The van der Waals surface area contributed by atoms with Crippen molar-refractivity contribution >= 4 is 17.5 Å². The SMILES string of the molecule is Cn1c(NC[C@H](N)Cc2ccccc2Cl)nc(-c2ccncc2)c(-c2ccc(F)cc2)c1=O. The van der Waals surface area contributed by atoms with E-state index in [4.69, 9.17) is 22.3 Å². The standard InChI is InChI=1S/C25H23ClFN5O/c1-32-24(33)22(16-6-8-19(27)9-7-16)23(17-10-12-29-13-11-17)31-25(32)30-15-20(28)14-18-4-2-3-5-21(18)26/h2-13,20H,14-15,28H2,1H3,(H,30,31)/t20-/m1/s1. The van der Waals surface area contributed by atoms with E-state index in [1.807, 2.05) is 24.3 Å². The number of benzene rings is 2. The van der Waals surface area contributed by atoms with Gasteiger partial charge in [-0.1, -0.05) is 41.9 Å². The molecule has 4 rings (SSSR count). The number of nitrogens with zero attached hydrogens (tertiary/aromatic N) is 3. The van der Waals surface area contributed by atoms with Crippen molar-refractivity contribution in [1.82, 2.24) is 14.5 Å². The minimum absolute atomic E-state index is 0.247. The van der Waals surface area contributed by atoms with Gasteiger partial charge in [0, 0.05) is 42.6 Å². The first kappa shape index (κ1) is 22.6. The summed E-state index contributed by atoms with van der Waals surface area (Å²) < 4.78 is 14.9. The van der Waals surface area contributed by atoms with E-state index in [0.717, 1.165) is 11.1 Å². The van der Waals surface area contributed by atoms with E-state index in [1.165, 1.54) is 16.7 Å². The Morgan fingerprint density at radius 3 is 2.45 bits per heavy atom. The first-order valence-corrected chi connectivity index (χ1v) is 10.8. The molecule has 0 bridgehead atoms. The van der Waals surface area contributed by atoms with Crippen LogP contribution in [0.3, 0.4) is 0 Å². The van der Waals surface area contributed by atoms with Crippen molar-refractivity contribution in [3.05, 3.63) is 99.8 Å². The maximum atomic E-state index is 13.5. The lowest BCUT2D eigenvalue weighted by atomic mass is 10.0. The van der Waals surface area contributed by atoms with Crippen LogP contribution in [0.4, 0.5) is 10.3 Å². The number of rotatable bonds is 7. The number of aromatic nitrogens is 3. The zero-order chi connectivity index (χ0) is 23.4. The van der Waals surface area contributed by atoms with Crippen LogP contribution in [0.15, 0.2) is 77.9 Å². The largest absolute Gasteiger partial charge is 0.354 e. The highest BCUT2D eigenvalue weighted by atomic mass is 35.5. The van der Waals surface area contributed by atoms with E-state index in [-0.39, 0.29) is 17.4 Å². The highest BCUT2D eigenvalue weighted by Crippen LogP contribution is 2.28. The molecule has 3 N–H and O–H groups in total. The molecule has 168 valence electrons. The van der Waals surface area contributed by atoms with Crippen molar-refractivity contribution in [3.8, 4) is 22.4 Å². The third-order valence-corrected chi connectivity index (χ3v) is 5.71. The Labute approximate surface area is 195 Å². The molecule has 0 unspecified atom stereocenters. The highest BCUT2D eigenvalue weighted by Gasteiger charge is 2.19. The fourth-order valence-corrected chi connectivity index (χ4v) is 3.81. The van der Waals surface area contributed by atoms with Crippen molar-refractivity contribution in [2.24, 2.45) is 12.8 Å². The van der Waals surface area contributed by atoms with Crippen molar-refractivity contribution in [2.75, 3.05) is 11.9 Å². The Morgan fingerprint density at radius 2 is 1.76 bits per heavy atom. The zero-order valence-corrected chi connectivity index (χ0v) is 18.8. The van der Waals surface area contributed by atoms with Gasteiger partial charge in [-0.25, -0.2) is 9.37 Å². The molecule has 0 saturated carbocycles. The van der Waals surface area contributed by atoms with Crippen molar-refractivity contribution < 1.29 is 4.39 Å². The van der Waals surface area contributed by atoms with Crippen LogP contribution in [0.25, 0.3) is 22.4 Å². The van der Waals surface area contributed by atoms with Crippen LogP contribution in [0.2, 0.25) is 5.02 Å². The maximum absolute atomic E-state index is 13.5. The molecule has 0 aliphatic heterocycles. The topological polar surface area (TPSA) is 85.8 Å². The molecule has 6 nitrogen and oxygen atoms in total. The predicted octanol–water partition coefficient (Wildman–Crippen LogP) is 4.28. The molecule has 0 aliphatic carbocycles. The van der Waals surface area contributed by atoms with Crippen molar-refractivity contribution in [2.45, 2.75) is 12.5 Å². The summed E-state index contributed by atoms with van der Waals surface area (Å²) >= 11 is 6.24. The number of anilines is 1. The summed E-state index contributed by atoms with van der Waals surface area (Å²) in [6, 6.07) is 16.7. The number of nitrogens with two attached hydrogens (primary N) is 1. The molecule has 0 fully saturated rings. The van der Waals surface area contributed by atoms with Gasteiger partial charge in [0.1, 0.15) is 5.82 Å². The average Bonchev–Trinajstić information content (AvgIpc) is 2.83. The van der Waals surface area contributed by atoms with Gasteiger partial charge < -0.3 is 11.1 Å². The molecule has 4 aromatic rings. The summed E-state index contributed by atoms with van der Waals surface area (Å²) in [6.45, 7) is 0.386. The second-order valence-electron chi connectivity index (χ2n) is 7.70. The number of halogens is 2. The molecule has 0 saturated heterocycles. The van der Waals surface area contributed by atoms with Crippen molar-refractivity contribution in [1.29, 1.82) is 0 Å². The molecule has 0 radical (unpaired) electrons. The fourth-order valence-electron chi connectivity index (χ4n) is 3.60. The van der Waals surface area contributed by atoms with Crippen molar-refractivity contribution in [3.63, 3.8) is 0 Å². The number of hydrogen-bond acceptors (Lipinski definition) is 5. The summed E-state index contributed by atoms with van der Waals surface area (Å²) in [5.74, 6) is 0.00655. The molecule has 2 heterocycles. The molecule has 8 heteroatoms. The van der Waals surface area contributed by atoms with E-state index in [0.29, 0.717) is 40.8 Å². The summed E-state index contributed by atoms with van der Waals surface area (Å²) in [4.78, 5) is 22.2. The first-order chi connectivity index (χ1) is 15.9. The normalized spacial score (nSPS) is 11.9. The van der Waals surface area contributed by atoms with Crippen LogP contribution < -0.4 is 16.6 Å². The molecule has 2 aromatic heterocycles. The minimum Gasteiger partial charge on any atom is -0.354 e. The lowest BCUT2D eigenvalue weighted by Crippen LogP contribution is -2.34. The van der Waals surface area contributed by atoms with Gasteiger partial charge in [-0.3, -0.25) is 14.3 Å². The predicted molar refractivity (Wildman–Crippen MR) is 130 cm³/mol. The van der Waals surface area contributed by atoms with Gasteiger partial charge >= 0.3 is 0 Å². The van der Waals surface area contributed by atoms with Crippen LogP contribution in [0, 0.1) is 5.82 Å². The number of pyridine rings is 1. The Morgan fingerprint density at radius 1 is 1.06 bits per heavy atom. The van der Waals surface area contributed by atoms with E-state index in [1.54, 1.807) is 43.7 Å². The third-order valence-electron chi connectivity index (χ3n) is 5.34. The Balaban J connectivity index is 1.68. The summed E-state index contributed by atoms with van der Waals surface area (Å²) in [6.07, 6.45) is 3.84. The van der Waals surface area contributed by atoms with Crippen LogP contribution in [0.1, 0.15) is 5.56 Å². The fraction of sp³-hybridized carbons (Fsp3) is 0.160. The summed E-state index contributed by atoms with van der Waals surface area (Å²) in [5, 5.41) is 3.87. The van der Waals surface area contributed by atoms with E-state index in [9.17, 15) is 9.18 Å². The highest BCUT2D eigenvalue weighted by molar-refractivity contribution is 6.31. The lowest BCUT2D eigenvalue weighted by Gasteiger charge is -2.18. The van der Waals surface area contributed by atoms with Gasteiger partial charge in [-0.2, -0.15) is 0 Å². The second kappa shape index (κ2) is 9.94. The number of hydrogen-bond donors (Lipinski definition) is 2. The molecular formula is C25H23ClFN5O. The molecule has 0 spiro atoms. The van der Waals surface area contributed by atoms with Crippen LogP contribution in [0.5, 0.6) is 0 Å². The van der Waals surface area contributed by atoms with E-state index >= 15 is 0 Å². The van der Waals surface area contributed by atoms with Crippen LogP contribution in [-0.4, -0.2) is 27.1 Å². The van der Waals surface area contributed by atoms with E-state index < -0.39 is 0 Å². The Bertz CT molecular complexity index is 1310. The summed E-state index contributed by atoms with van der Waals surface area (Å²) in [7, 11) is 1.64.